The Balaban J connectivity index is 1.61. The van der Waals surface area contributed by atoms with E-state index in [1.165, 1.54) is 0 Å². The second-order valence-electron chi connectivity index (χ2n) is 6.54. The highest BCUT2D eigenvalue weighted by molar-refractivity contribution is 9.10. The van der Waals surface area contributed by atoms with E-state index in [1.54, 1.807) is 29.2 Å². The van der Waals surface area contributed by atoms with Gasteiger partial charge in [-0.1, -0.05) is 6.07 Å². The van der Waals surface area contributed by atoms with Crippen LogP contribution in [0.15, 0.2) is 44.3 Å². The lowest BCUT2D eigenvalue weighted by Gasteiger charge is -2.31. The van der Waals surface area contributed by atoms with Crippen molar-refractivity contribution in [3.8, 4) is 0 Å². The van der Waals surface area contributed by atoms with Crippen molar-refractivity contribution in [1.29, 1.82) is 0 Å². The Labute approximate surface area is 161 Å². The number of piperidine rings is 1. The van der Waals surface area contributed by atoms with Crippen LogP contribution in [0.25, 0.3) is 0 Å². The molecule has 26 heavy (non-hydrogen) atoms. The molecule has 8 heteroatoms. The lowest BCUT2D eigenvalue weighted by atomic mass is 10.1. The highest BCUT2D eigenvalue weighted by Gasteiger charge is 2.28. The third kappa shape index (κ3) is 4.19. The van der Waals surface area contributed by atoms with Crippen molar-refractivity contribution in [3.63, 3.8) is 0 Å². The topological polar surface area (TPSA) is 79.6 Å². The van der Waals surface area contributed by atoms with Gasteiger partial charge in [-0.05, 0) is 78.0 Å². The Morgan fingerprint density at radius 1 is 1.15 bits per heavy atom. The number of amides is 1. The number of hydrogen-bond acceptors (Lipinski definition) is 4. The minimum atomic E-state index is -3.56. The lowest BCUT2D eigenvalue weighted by molar-refractivity contribution is 0.0677. The number of nitrogens with zero attached hydrogens (tertiary/aromatic N) is 1. The smallest absolute Gasteiger partial charge is 0.289 e. The van der Waals surface area contributed by atoms with Gasteiger partial charge in [0.1, 0.15) is 0 Å². The number of aryl methyl sites for hydroxylation is 2. The van der Waals surface area contributed by atoms with Crippen LogP contribution in [-0.4, -0.2) is 38.4 Å². The summed E-state index contributed by atoms with van der Waals surface area (Å²) in [6, 6.07) is 8.24. The maximum atomic E-state index is 12.6. The van der Waals surface area contributed by atoms with E-state index in [1.807, 2.05) is 19.9 Å². The van der Waals surface area contributed by atoms with Crippen molar-refractivity contribution in [2.24, 2.45) is 0 Å². The van der Waals surface area contributed by atoms with Gasteiger partial charge < -0.3 is 9.32 Å². The van der Waals surface area contributed by atoms with Gasteiger partial charge in [0.2, 0.25) is 10.0 Å². The van der Waals surface area contributed by atoms with Crippen LogP contribution >= 0.6 is 15.9 Å². The Kier molecular flexibility index (Phi) is 5.55. The van der Waals surface area contributed by atoms with Crippen LogP contribution in [0.3, 0.4) is 0 Å². The summed E-state index contributed by atoms with van der Waals surface area (Å²) in [5.41, 5.74) is 2.00. The van der Waals surface area contributed by atoms with Gasteiger partial charge in [-0.15, -0.1) is 0 Å². The number of benzene rings is 1. The molecule has 0 spiro atoms. The molecule has 140 valence electrons. The number of sulfonamides is 1. The standard InChI is InChI=1S/C18H21BrN2O4S/c1-12-3-4-15(11-13(12)2)26(23,24)20-14-7-9-21(10-8-14)18(22)16-5-6-17(19)25-16/h3-6,11,14,20H,7-10H2,1-2H3. The van der Waals surface area contributed by atoms with Gasteiger partial charge in [-0.2, -0.15) is 0 Å². The molecule has 0 aliphatic carbocycles. The summed E-state index contributed by atoms with van der Waals surface area (Å²) in [5.74, 6) is 0.109. The Morgan fingerprint density at radius 3 is 2.42 bits per heavy atom. The van der Waals surface area contributed by atoms with Gasteiger partial charge in [0.25, 0.3) is 5.91 Å². The molecule has 2 heterocycles. The van der Waals surface area contributed by atoms with Crippen LogP contribution in [0.2, 0.25) is 0 Å². The first kappa shape index (κ1) is 19.1. The Morgan fingerprint density at radius 2 is 1.85 bits per heavy atom. The number of halogens is 1. The van der Waals surface area contributed by atoms with E-state index >= 15 is 0 Å². The van der Waals surface area contributed by atoms with Gasteiger partial charge in [-0.3, -0.25) is 4.79 Å². The van der Waals surface area contributed by atoms with E-state index in [9.17, 15) is 13.2 Å². The minimum absolute atomic E-state index is 0.175. The number of carbonyl (C=O) groups is 1. The third-order valence-corrected chi connectivity index (χ3v) is 6.62. The molecule has 0 bridgehead atoms. The average Bonchev–Trinajstić information content (AvgIpc) is 3.03. The molecule has 1 saturated heterocycles. The molecule has 0 unspecified atom stereocenters. The average molecular weight is 441 g/mol. The van der Waals surface area contributed by atoms with Crippen LogP contribution < -0.4 is 4.72 Å². The molecule has 0 saturated carbocycles. The summed E-state index contributed by atoms with van der Waals surface area (Å²) in [5, 5.41) is 0. The first-order valence-corrected chi connectivity index (χ1v) is 10.7. The SMILES string of the molecule is Cc1ccc(S(=O)(=O)NC2CCN(C(=O)c3ccc(Br)o3)CC2)cc1C. The first-order valence-electron chi connectivity index (χ1n) is 8.40. The predicted molar refractivity (Wildman–Crippen MR) is 102 cm³/mol. The van der Waals surface area contributed by atoms with E-state index < -0.39 is 10.0 Å². The van der Waals surface area contributed by atoms with Crippen molar-refractivity contribution in [2.75, 3.05) is 13.1 Å². The van der Waals surface area contributed by atoms with Gasteiger partial charge in [0, 0.05) is 19.1 Å². The highest BCUT2D eigenvalue weighted by Crippen LogP contribution is 2.20. The van der Waals surface area contributed by atoms with Gasteiger partial charge in [-0.25, -0.2) is 13.1 Å². The number of furan rings is 1. The molecule has 1 fully saturated rings. The molecular weight excluding hydrogens is 420 g/mol. The Bertz CT molecular complexity index is 915. The maximum Gasteiger partial charge on any atom is 0.289 e. The number of rotatable bonds is 4. The minimum Gasteiger partial charge on any atom is -0.444 e. The van der Waals surface area contributed by atoms with E-state index in [0.717, 1.165) is 11.1 Å². The fourth-order valence-electron chi connectivity index (χ4n) is 2.95. The zero-order chi connectivity index (χ0) is 18.9. The molecule has 3 rings (SSSR count). The van der Waals surface area contributed by atoms with Crippen molar-refractivity contribution in [2.45, 2.75) is 37.6 Å². The molecule has 1 aliphatic rings. The van der Waals surface area contributed by atoms with Gasteiger partial charge in [0.05, 0.1) is 4.90 Å². The molecule has 6 nitrogen and oxygen atoms in total. The van der Waals surface area contributed by atoms with E-state index in [-0.39, 0.29) is 22.6 Å². The van der Waals surface area contributed by atoms with Crippen molar-refractivity contribution in [1.82, 2.24) is 9.62 Å². The summed E-state index contributed by atoms with van der Waals surface area (Å²) < 4.78 is 33.8. The molecular formula is C18H21BrN2O4S. The van der Waals surface area contributed by atoms with Crippen LogP contribution in [0.4, 0.5) is 0 Å². The molecule has 2 aromatic rings. The van der Waals surface area contributed by atoms with Gasteiger partial charge >= 0.3 is 0 Å². The van der Waals surface area contributed by atoms with Crippen molar-refractivity contribution >= 4 is 31.9 Å². The lowest BCUT2D eigenvalue weighted by Crippen LogP contribution is -2.46. The van der Waals surface area contributed by atoms with Crippen molar-refractivity contribution < 1.29 is 17.6 Å². The monoisotopic (exact) mass is 440 g/mol. The normalized spacial score (nSPS) is 16.0. The molecule has 1 aliphatic heterocycles. The molecule has 1 aromatic heterocycles. The van der Waals surface area contributed by atoms with Crippen molar-refractivity contribution in [3.05, 3.63) is 51.9 Å². The summed E-state index contributed by atoms with van der Waals surface area (Å²) >= 11 is 3.18. The van der Waals surface area contributed by atoms with E-state index in [0.29, 0.717) is 30.6 Å². The summed E-state index contributed by atoms with van der Waals surface area (Å²) in [4.78, 5) is 14.3. The summed E-state index contributed by atoms with van der Waals surface area (Å²) in [6.45, 7) is 4.81. The number of likely N-dealkylation sites (tertiary alicyclic amines) is 1. The largest absolute Gasteiger partial charge is 0.444 e. The molecule has 1 N–H and O–H groups in total. The first-order chi connectivity index (χ1) is 12.3. The molecule has 0 atom stereocenters. The summed E-state index contributed by atoms with van der Waals surface area (Å²) in [6.07, 6.45) is 1.13. The number of nitrogens with one attached hydrogen (secondary N) is 1. The maximum absolute atomic E-state index is 12.6. The highest BCUT2D eigenvalue weighted by atomic mass is 79.9. The van der Waals surface area contributed by atoms with E-state index in [4.69, 9.17) is 4.42 Å². The summed E-state index contributed by atoms with van der Waals surface area (Å²) in [7, 11) is -3.56. The molecule has 1 aromatic carbocycles. The fraction of sp³-hybridized carbons (Fsp3) is 0.389. The van der Waals surface area contributed by atoms with E-state index in [2.05, 4.69) is 20.7 Å². The quantitative estimate of drug-likeness (QED) is 0.790. The molecule has 1 amide bonds. The number of carbonyl (C=O) groups excluding carboxylic acids is 1. The third-order valence-electron chi connectivity index (χ3n) is 4.68. The predicted octanol–water partition coefficient (Wildman–Crippen LogP) is 3.24. The van der Waals surface area contributed by atoms with Crippen LogP contribution in [0, 0.1) is 13.8 Å². The fourth-order valence-corrected chi connectivity index (χ4v) is 4.65. The van der Waals surface area contributed by atoms with Gasteiger partial charge in [0.15, 0.2) is 10.4 Å². The molecule has 0 radical (unpaired) electrons. The second-order valence-corrected chi connectivity index (χ2v) is 9.03. The second kappa shape index (κ2) is 7.54. The van der Waals surface area contributed by atoms with Crippen LogP contribution in [0.5, 0.6) is 0 Å². The Hall–Kier alpha value is -1.64. The van der Waals surface area contributed by atoms with Crippen LogP contribution in [0.1, 0.15) is 34.5 Å². The van der Waals surface area contributed by atoms with Crippen LogP contribution in [-0.2, 0) is 10.0 Å². The number of hydrogen-bond donors (Lipinski definition) is 1. The zero-order valence-corrected chi connectivity index (χ0v) is 17.1. The zero-order valence-electron chi connectivity index (χ0n) is 14.7.